The summed E-state index contributed by atoms with van der Waals surface area (Å²) in [6, 6.07) is 7.11. The summed E-state index contributed by atoms with van der Waals surface area (Å²) < 4.78 is 27.8. The van der Waals surface area contributed by atoms with Crippen LogP contribution in [0, 0.1) is 0 Å². The number of nitrogens with one attached hydrogen (secondary N) is 1. The number of rotatable bonds is 5. The predicted octanol–water partition coefficient (Wildman–Crippen LogP) is 0.391. The molecule has 102 valence electrons. The maximum Gasteiger partial charge on any atom is 0.243 e. The van der Waals surface area contributed by atoms with Crippen molar-refractivity contribution in [2.45, 2.75) is 18.0 Å². The highest BCUT2D eigenvalue weighted by Crippen LogP contribution is 2.09. The Morgan fingerprint density at radius 2 is 2.11 bits per heavy atom. The molecular formula is C12H15N3O3S. The predicted molar refractivity (Wildman–Crippen MR) is 69.6 cm³/mol. The summed E-state index contributed by atoms with van der Waals surface area (Å²) in [4.78, 5) is 0.133. The SMILES string of the molecule is Cn1cc(S(=O)(=O)NCc2cccc(CO)c2)cn1. The monoisotopic (exact) mass is 281 g/mol. The maximum absolute atomic E-state index is 12.0. The first-order chi connectivity index (χ1) is 9.01. The van der Waals surface area contributed by atoms with Crippen LogP contribution in [0.5, 0.6) is 0 Å². The van der Waals surface area contributed by atoms with E-state index in [4.69, 9.17) is 5.11 Å². The van der Waals surface area contributed by atoms with Gasteiger partial charge in [0.1, 0.15) is 4.90 Å². The minimum Gasteiger partial charge on any atom is -0.392 e. The van der Waals surface area contributed by atoms with Crippen molar-refractivity contribution in [3.05, 3.63) is 47.8 Å². The van der Waals surface area contributed by atoms with Gasteiger partial charge in [0.05, 0.1) is 12.8 Å². The molecule has 7 heteroatoms. The number of aryl methyl sites for hydroxylation is 1. The van der Waals surface area contributed by atoms with E-state index in [0.717, 1.165) is 11.1 Å². The minimum atomic E-state index is -3.55. The average molecular weight is 281 g/mol. The van der Waals surface area contributed by atoms with Crippen molar-refractivity contribution in [2.75, 3.05) is 0 Å². The Balaban J connectivity index is 2.09. The summed E-state index contributed by atoms with van der Waals surface area (Å²) in [6.45, 7) is 0.105. The molecule has 2 rings (SSSR count). The Bertz CT molecular complexity index is 664. The molecule has 6 nitrogen and oxygen atoms in total. The molecule has 0 aliphatic carbocycles. The van der Waals surface area contributed by atoms with Crippen LogP contribution in [-0.2, 0) is 30.2 Å². The van der Waals surface area contributed by atoms with E-state index < -0.39 is 10.0 Å². The van der Waals surface area contributed by atoms with Crippen LogP contribution in [0.15, 0.2) is 41.6 Å². The Hall–Kier alpha value is -1.70. The van der Waals surface area contributed by atoms with Crippen LogP contribution in [0.4, 0.5) is 0 Å². The Labute approximate surface area is 111 Å². The molecule has 0 fully saturated rings. The van der Waals surface area contributed by atoms with Gasteiger partial charge in [-0.3, -0.25) is 4.68 Å². The number of hydrogen-bond donors (Lipinski definition) is 2. The third kappa shape index (κ3) is 3.40. The third-order valence-electron chi connectivity index (χ3n) is 2.63. The topological polar surface area (TPSA) is 84.2 Å². The van der Waals surface area contributed by atoms with Gasteiger partial charge in [-0.25, -0.2) is 13.1 Å². The molecular weight excluding hydrogens is 266 g/mol. The van der Waals surface area contributed by atoms with Crippen LogP contribution in [0.3, 0.4) is 0 Å². The number of aromatic nitrogens is 2. The van der Waals surface area contributed by atoms with E-state index in [0.29, 0.717) is 0 Å². The van der Waals surface area contributed by atoms with Crippen molar-refractivity contribution in [1.82, 2.24) is 14.5 Å². The molecule has 0 spiro atoms. The second kappa shape index (κ2) is 5.52. The van der Waals surface area contributed by atoms with Gasteiger partial charge in [0.15, 0.2) is 0 Å². The fourth-order valence-corrected chi connectivity index (χ4v) is 2.64. The highest BCUT2D eigenvalue weighted by Gasteiger charge is 2.15. The summed E-state index contributed by atoms with van der Waals surface area (Å²) >= 11 is 0. The molecule has 0 bridgehead atoms. The maximum atomic E-state index is 12.0. The second-order valence-corrected chi connectivity index (χ2v) is 5.92. The van der Waals surface area contributed by atoms with Gasteiger partial charge < -0.3 is 5.11 Å². The molecule has 0 aliphatic rings. The zero-order valence-corrected chi connectivity index (χ0v) is 11.3. The van der Waals surface area contributed by atoms with E-state index in [9.17, 15) is 8.42 Å². The van der Waals surface area contributed by atoms with Crippen molar-refractivity contribution in [3.8, 4) is 0 Å². The van der Waals surface area contributed by atoms with E-state index in [-0.39, 0.29) is 18.0 Å². The van der Waals surface area contributed by atoms with Crippen LogP contribution >= 0.6 is 0 Å². The lowest BCUT2D eigenvalue weighted by molar-refractivity contribution is 0.281. The van der Waals surface area contributed by atoms with Crippen LogP contribution in [0.25, 0.3) is 0 Å². The van der Waals surface area contributed by atoms with Crippen molar-refractivity contribution < 1.29 is 13.5 Å². The number of sulfonamides is 1. The highest BCUT2D eigenvalue weighted by atomic mass is 32.2. The first-order valence-electron chi connectivity index (χ1n) is 5.68. The summed E-state index contributed by atoms with van der Waals surface area (Å²) in [6.07, 6.45) is 2.74. The lowest BCUT2D eigenvalue weighted by Crippen LogP contribution is -2.22. The fourth-order valence-electron chi connectivity index (χ4n) is 1.64. The molecule has 2 aromatic rings. The number of nitrogens with zero attached hydrogens (tertiary/aromatic N) is 2. The van der Waals surface area contributed by atoms with E-state index >= 15 is 0 Å². The lowest BCUT2D eigenvalue weighted by Gasteiger charge is -2.06. The van der Waals surface area contributed by atoms with Crippen molar-refractivity contribution >= 4 is 10.0 Å². The van der Waals surface area contributed by atoms with E-state index in [1.165, 1.54) is 17.1 Å². The van der Waals surface area contributed by atoms with Gasteiger partial charge in [-0.2, -0.15) is 5.10 Å². The van der Waals surface area contributed by atoms with Crippen molar-refractivity contribution in [2.24, 2.45) is 7.05 Å². The summed E-state index contributed by atoms with van der Waals surface area (Å²) in [5.41, 5.74) is 1.54. The highest BCUT2D eigenvalue weighted by molar-refractivity contribution is 7.89. The standard InChI is InChI=1S/C12H15N3O3S/c1-15-8-12(7-13-15)19(17,18)14-6-10-3-2-4-11(5-10)9-16/h2-5,7-8,14,16H,6,9H2,1H3. The molecule has 0 unspecified atom stereocenters. The van der Waals surface area contributed by atoms with Crippen LogP contribution in [0.1, 0.15) is 11.1 Å². The average Bonchev–Trinajstić information content (AvgIpc) is 2.84. The van der Waals surface area contributed by atoms with Gasteiger partial charge in [0.2, 0.25) is 10.0 Å². The quantitative estimate of drug-likeness (QED) is 0.830. The molecule has 1 aromatic carbocycles. The summed E-state index contributed by atoms with van der Waals surface area (Å²) in [5.74, 6) is 0. The zero-order valence-electron chi connectivity index (χ0n) is 10.4. The van der Waals surface area contributed by atoms with Crippen LogP contribution in [0.2, 0.25) is 0 Å². The first-order valence-corrected chi connectivity index (χ1v) is 7.16. The number of benzene rings is 1. The van der Waals surface area contributed by atoms with Crippen molar-refractivity contribution in [1.29, 1.82) is 0 Å². The molecule has 0 aliphatic heterocycles. The van der Waals surface area contributed by atoms with Gasteiger partial charge in [-0.1, -0.05) is 24.3 Å². The van der Waals surface area contributed by atoms with E-state index in [2.05, 4.69) is 9.82 Å². The molecule has 1 heterocycles. The molecule has 0 amide bonds. The summed E-state index contributed by atoms with van der Waals surface area (Å²) in [5, 5.41) is 12.9. The molecule has 1 aromatic heterocycles. The van der Waals surface area contributed by atoms with Crippen molar-refractivity contribution in [3.63, 3.8) is 0 Å². The van der Waals surface area contributed by atoms with Crippen LogP contribution in [-0.4, -0.2) is 23.3 Å². The first kappa shape index (κ1) is 13.7. The van der Waals surface area contributed by atoms with Gasteiger partial charge in [-0.05, 0) is 11.1 Å². The lowest BCUT2D eigenvalue weighted by atomic mass is 10.1. The second-order valence-electron chi connectivity index (χ2n) is 4.15. The van der Waals surface area contributed by atoms with Crippen LogP contribution < -0.4 is 4.72 Å². The normalized spacial score (nSPS) is 11.7. The van der Waals surface area contributed by atoms with E-state index in [1.54, 1.807) is 31.3 Å². The Kier molecular flexibility index (Phi) is 3.98. The summed E-state index contributed by atoms with van der Waals surface area (Å²) in [7, 11) is -1.90. The molecule has 19 heavy (non-hydrogen) atoms. The number of aliphatic hydroxyl groups excluding tert-OH is 1. The van der Waals surface area contributed by atoms with Gasteiger partial charge in [0.25, 0.3) is 0 Å². The zero-order chi connectivity index (χ0) is 13.9. The van der Waals surface area contributed by atoms with E-state index in [1.807, 2.05) is 0 Å². The van der Waals surface area contributed by atoms with Gasteiger partial charge in [-0.15, -0.1) is 0 Å². The Morgan fingerprint density at radius 3 is 2.74 bits per heavy atom. The number of aliphatic hydroxyl groups is 1. The smallest absolute Gasteiger partial charge is 0.243 e. The largest absolute Gasteiger partial charge is 0.392 e. The molecule has 0 saturated carbocycles. The molecule has 0 atom stereocenters. The molecule has 0 saturated heterocycles. The third-order valence-corrected chi connectivity index (χ3v) is 3.99. The van der Waals surface area contributed by atoms with Gasteiger partial charge >= 0.3 is 0 Å². The Morgan fingerprint density at radius 1 is 1.37 bits per heavy atom. The van der Waals surface area contributed by atoms with Gasteiger partial charge in [0, 0.05) is 19.8 Å². The minimum absolute atomic E-state index is 0.0663. The molecule has 2 N–H and O–H groups in total. The number of hydrogen-bond acceptors (Lipinski definition) is 4. The molecule has 0 radical (unpaired) electrons. The fraction of sp³-hybridized carbons (Fsp3) is 0.250.